The number of fused-ring (bicyclic) bond motifs is 1. The minimum atomic E-state index is -0.455. The fraction of sp³-hybridized carbons (Fsp3) is 0.375. The molecule has 0 atom stereocenters. The third-order valence-electron chi connectivity index (χ3n) is 3.48. The van der Waals surface area contributed by atoms with Gasteiger partial charge in [0.1, 0.15) is 6.61 Å². The SMILES string of the molecule is COCC(=O)N(C)CCCNC(=O)c1nc2ccccc2c(=O)[nH]1. The van der Waals surface area contributed by atoms with E-state index >= 15 is 0 Å². The van der Waals surface area contributed by atoms with Crippen LogP contribution in [-0.4, -0.2) is 60.5 Å². The van der Waals surface area contributed by atoms with Crippen molar-refractivity contribution in [2.24, 2.45) is 0 Å². The van der Waals surface area contributed by atoms with Gasteiger partial charge in [-0.1, -0.05) is 12.1 Å². The molecule has 1 aromatic carbocycles. The van der Waals surface area contributed by atoms with Crippen LogP contribution in [0.5, 0.6) is 0 Å². The summed E-state index contributed by atoms with van der Waals surface area (Å²) < 4.78 is 4.77. The van der Waals surface area contributed by atoms with Crippen LogP contribution in [0.3, 0.4) is 0 Å². The second kappa shape index (κ2) is 8.21. The highest BCUT2D eigenvalue weighted by Crippen LogP contribution is 2.05. The zero-order valence-corrected chi connectivity index (χ0v) is 13.7. The first-order valence-electron chi connectivity index (χ1n) is 7.53. The number of rotatable bonds is 7. The molecule has 0 radical (unpaired) electrons. The number of carbonyl (C=O) groups is 2. The van der Waals surface area contributed by atoms with Crippen LogP contribution in [0.4, 0.5) is 0 Å². The third kappa shape index (κ3) is 4.39. The number of aromatic amines is 1. The summed E-state index contributed by atoms with van der Waals surface area (Å²) in [6, 6.07) is 6.82. The summed E-state index contributed by atoms with van der Waals surface area (Å²) in [7, 11) is 3.13. The molecule has 1 aromatic heterocycles. The van der Waals surface area contributed by atoms with Gasteiger partial charge >= 0.3 is 0 Å². The Balaban J connectivity index is 1.89. The molecule has 0 saturated carbocycles. The van der Waals surface area contributed by atoms with E-state index in [1.165, 1.54) is 12.0 Å². The zero-order valence-electron chi connectivity index (χ0n) is 13.7. The molecule has 24 heavy (non-hydrogen) atoms. The summed E-state index contributed by atoms with van der Waals surface area (Å²) in [6.45, 7) is 0.884. The average Bonchev–Trinajstić information content (AvgIpc) is 2.58. The Morgan fingerprint density at radius 1 is 1.33 bits per heavy atom. The van der Waals surface area contributed by atoms with Crippen LogP contribution in [0, 0.1) is 0 Å². The van der Waals surface area contributed by atoms with Gasteiger partial charge in [0.05, 0.1) is 10.9 Å². The predicted octanol–water partition coefficient (Wildman–Crippen LogP) is 0.148. The van der Waals surface area contributed by atoms with E-state index in [1.54, 1.807) is 31.3 Å². The molecule has 2 amide bonds. The second-order valence-electron chi connectivity index (χ2n) is 5.29. The Hall–Kier alpha value is -2.74. The number of hydrogen-bond donors (Lipinski definition) is 2. The van der Waals surface area contributed by atoms with Gasteiger partial charge in [-0.3, -0.25) is 14.4 Å². The summed E-state index contributed by atoms with van der Waals surface area (Å²) in [5, 5.41) is 3.11. The normalized spacial score (nSPS) is 10.6. The summed E-state index contributed by atoms with van der Waals surface area (Å²) in [5.41, 5.74) is 0.118. The van der Waals surface area contributed by atoms with Crippen LogP contribution >= 0.6 is 0 Å². The minimum absolute atomic E-state index is 0.0255. The molecule has 0 aliphatic heterocycles. The zero-order chi connectivity index (χ0) is 17.5. The molecule has 0 unspecified atom stereocenters. The molecule has 8 nitrogen and oxygen atoms in total. The molecule has 0 aliphatic carbocycles. The van der Waals surface area contributed by atoms with E-state index in [2.05, 4.69) is 15.3 Å². The van der Waals surface area contributed by atoms with Crippen molar-refractivity contribution in [3.63, 3.8) is 0 Å². The van der Waals surface area contributed by atoms with Gasteiger partial charge in [-0.2, -0.15) is 0 Å². The second-order valence-corrected chi connectivity index (χ2v) is 5.29. The predicted molar refractivity (Wildman–Crippen MR) is 88.8 cm³/mol. The lowest BCUT2D eigenvalue weighted by Crippen LogP contribution is -2.34. The van der Waals surface area contributed by atoms with E-state index < -0.39 is 5.91 Å². The maximum atomic E-state index is 12.1. The highest BCUT2D eigenvalue weighted by molar-refractivity contribution is 5.92. The van der Waals surface area contributed by atoms with Crippen molar-refractivity contribution in [1.82, 2.24) is 20.2 Å². The molecule has 128 valence electrons. The first kappa shape index (κ1) is 17.6. The first-order valence-corrected chi connectivity index (χ1v) is 7.53. The Kier molecular flexibility index (Phi) is 6.02. The Labute approximate surface area is 138 Å². The maximum absolute atomic E-state index is 12.1. The van der Waals surface area contributed by atoms with Crippen LogP contribution in [0.1, 0.15) is 17.0 Å². The van der Waals surface area contributed by atoms with E-state index in [4.69, 9.17) is 4.74 Å². The number of H-pyrrole nitrogens is 1. The van der Waals surface area contributed by atoms with Crippen LogP contribution in [-0.2, 0) is 9.53 Å². The Morgan fingerprint density at radius 3 is 2.83 bits per heavy atom. The first-order chi connectivity index (χ1) is 11.5. The number of likely N-dealkylation sites (N-methyl/N-ethyl adjacent to an activating group) is 1. The molecule has 2 rings (SSSR count). The Bertz CT molecular complexity index is 787. The molecule has 1 heterocycles. The summed E-state index contributed by atoms with van der Waals surface area (Å²) >= 11 is 0. The van der Waals surface area contributed by atoms with Crippen molar-refractivity contribution in [3.8, 4) is 0 Å². The highest BCUT2D eigenvalue weighted by Gasteiger charge is 2.11. The number of benzene rings is 1. The van der Waals surface area contributed by atoms with Gasteiger partial charge in [0, 0.05) is 27.2 Å². The minimum Gasteiger partial charge on any atom is -0.375 e. The van der Waals surface area contributed by atoms with Gasteiger partial charge in [0.2, 0.25) is 5.91 Å². The van der Waals surface area contributed by atoms with Crippen molar-refractivity contribution in [2.75, 3.05) is 33.9 Å². The number of nitrogens with one attached hydrogen (secondary N) is 2. The van der Waals surface area contributed by atoms with E-state index in [9.17, 15) is 14.4 Å². The van der Waals surface area contributed by atoms with Crippen LogP contribution in [0.25, 0.3) is 10.9 Å². The van der Waals surface area contributed by atoms with Crippen LogP contribution in [0.2, 0.25) is 0 Å². The molecule has 2 aromatic rings. The maximum Gasteiger partial charge on any atom is 0.287 e. The van der Waals surface area contributed by atoms with Gasteiger partial charge in [0.25, 0.3) is 11.5 Å². The molecule has 0 saturated heterocycles. The molecule has 2 N–H and O–H groups in total. The number of nitrogens with zero attached hydrogens (tertiary/aromatic N) is 2. The van der Waals surface area contributed by atoms with Gasteiger partial charge in [-0.25, -0.2) is 4.98 Å². The molecular weight excluding hydrogens is 312 g/mol. The van der Waals surface area contributed by atoms with Crippen molar-refractivity contribution in [1.29, 1.82) is 0 Å². The summed E-state index contributed by atoms with van der Waals surface area (Å²) in [5.74, 6) is -0.601. The van der Waals surface area contributed by atoms with Gasteiger partial charge in [-0.15, -0.1) is 0 Å². The Morgan fingerprint density at radius 2 is 2.08 bits per heavy atom. The number of aromatic nitrogens is 2. The number of hydrogen-bond acceptors (Lipinski definition) is 5. The summed E-state index contributed by atoms with van der Waals surface area (Å²) in [6.07, 6.45) is 0.579. The van der Waals surface area contributed by atoms with Gasteiger partial charge in [-0.05, 0) is 18.6 Å². The molecule has 0 bridgehead atoms. The quantitative estimate of drug-likeness (QED) is 0.702. The lowest BCUT2D eigenvalue weighted by atomic mass is 10.2. The van der Waals surface area contributed by atoms with Crippen molar-refractivity contribution in [3.05, 3.63) is 40.4 Å². The lowest BCUT2D eigenvalue weighted by molar-refractivity contribution is -0.133. The number of para-hydroxylation sites is 1. The van der Waals surface area contributed by atoms with Gasteiger partial charge < -0.3 is 19.9 Å². The molecule has 0 fully saturated rings. The van der Waals surface area contributed by atoms with E-state index in [1.807, 2.05) is 0 Å². The van der Waals surface area contributed by atoms with Crippen LogP contribution < -0.4 is 10.9 Å². The molecular formula is C16H20N4O4. The van der Waals surface area contributed by atoms with Crippen molar-refractivity contribution < 1.29 is 14.3 Å². The summed E-state index contributed by atoms with van der Waals surface area (Å²) in [4.78, 5) is 43.7. The highest BCUT2D eigenvalue weighted by atomic mass is 16.5. The largest absolute Gasteiger partial charge is 0.375 e. The van der Waals surface area contributed by atoms with Crippen molar-refractivity contribution in [2.45, 2.75) is 6.42 Å². The number of ether oxygens (including phenoxy) is 1. The number of carbonyl (C=O) groups excluding carboxylic acids is 2. The average molecular weight is 332 g/mol. The van der Waals surface area contributed by atoms with Crippen LogP contribution in [0.15, 0.2) is 29.1 Å². The molecule has 0 aliphatic rings. The fourth-order valence-corrected chi connectivity index (χ4v) is 2.15. The topological polar surface area (TPSA) is 104 Å². The number of amides is 2. The van der Waals surface area contributed by atoms with E-state index in [-0.39, 0.29) is 23.9 Å². The molecule has 0 spiro atoms. The fourth-order valence-electron chi connectivity index (χ4n) is 2.15. The lowest BCUT2D eigenvalue weighted by Gasteiger charge is -2.16. The van der Waals surface area contributed by atoms with E-state index in [0.29, 0.717) is 30.4 Å². The van der Waals surface area contributed by atoms with Crippen molar-refractivity contribution >= 4 is 22.7 Å². The monoisotopic (exact) mass is 332 g/mol. The number of methoxy groups -OCH3 is 1. The third-order valence-corrected chi connectivity index (χ3v) is 3.48. The molecule has 8 heteroatoms. The smallest absolute Gasteiger partial charge is 0.287 e. The van der Waals surface area contributed by atoms with E-state index in [0.717, 1.165) is 0 Å². The standard InChI is InChI=1S/C16H20N4O4/c1-20(13(21)10-24-2)9-5-8-17-16(23)14-18-12-7-4-3-6-11(12)15(22)19-14/h3-4,6-7H,5,8-10H2,1-2H3,(H,17,23)(H,18,19,22). The van der Waals surface area contributed by atoms with Gasteiger partial charge in [0.15, 0.2) is 5.82 Å².